The number of aromatic nitrogens is 5. The Bertz CT molecular complexity index is 1160. The number of imidazole rings is 1. The van der Waals surface area contributed by atoms with E-state index in [9.17, 15) is 10.1 Å². The van der Waals surface area contributed by atoms with Crippen molar-refractivity contribution in [2.75, 3.05) is 5.84 Å². The van der Waals surface area contributed by atoms with Crippen LogP contribution in [0.15, 0.2) is 52.1 Å². The van der Waals surface area contributed by atoms with Gasteiger partial charge in [-0.25, -0.2) is 9.66 Å². The molecule has 2 aromatic carbocycles. The topological polar surface area (TPSA) is 129 Å². The van der Waals surface area contributed by atoms with Gasteiger partial charge in [-0.2, -0.15) is 0 Å². The minimum atomic E-state index is -0.436. The second-order valence-electron chi connectivity index (χ2n) is 5.59. The number of thioether (sulfide) groups is 1. The highest BCUT2D eigenvalue weighted by atomic mass is 79.9. The Morgan fingerprint density at radius 2 is 2.07 bits per heavy atom. The molecule has 2 heterocycles. The fourth-order valence-corrected chi connectivity index (χ4v) is 3.76. The summed E-state index contributed by atoms with van der Waals surface area (Å²) in [7, 11) is 0. The molecule has 3 N–H and O–H groups in total. The molecule has 0 amide bonds. The van der Waals surface area contributed by atoms with Gasteiger partial charge in [-0.3, -0.25) is 10.1 Å². The molecule has 0 saturated heterocycles. The summed E-state index contributed by atoms with van der Waals surface area (Å²) in [5.74, 6) is 7.82. The first kappa shape index (κ1) is 17.5. The van der Waals surface area contributed by atoms with E-state index in [1.165, 1.54) is 28.6 Å². The number of nitrogen functional groups attached to an aromatic ring is 1. The lowest BCUT2D eigenvalue weighted by atomic mass is 10.2. The van der Waals surface area contributed by atoms with Gasteiger partial charge in [0.05, 0.1) is 21.7 Å². The summed E-state index contributed by atoms with van der Waals surface area (Å²) in [4.78, 5) is 18.0. The molecule has 136 valence electrons. The van der Waals surface area contributed by atoms with Crippen molar-refractivity contribution in [1.82, 2.24) is 24.8 Å². The van der Waals surface area contributed by atoms with Crippen molar-refractivity contribution in [3.8, 4) is 11.4 Å². The standard InChI is InChI=1S/C16H12BrN7O2S/c17-11-4-2-1-3-10(11)15-21-22-16(23(15)18)27-8-14-19-12-6-5-9(24(25)26)7-13(12)20-14/h1-7H,8,18H2,(H,19,20). The molecule has 11 heteroatoms. The molecule has 0 fully saturated rings. The molecule has 0 spiro atoms. The van der Waals surface area contributed by atoms with Crippen molar-refractivity contribution in [2.24, 2.45) is 0 Å². The van der Waals surface area contributed by atoms with E-state index in [0.717, 1.165) is 10.0 Å². The third-order valence-corrected chi connectivity index (χ3v) is 5.49. The lowest BCUT2D eigenvalue weighted by molar-refractivity contribution is -0.384. The highest BCUT2D eigenvalue weighted by molar-refractivity contribution is 9.10. The molecule has 4 aromatic rings. The molecular weight excluding hydrogens is 434 g/mol. The number of non-ortho nitro benzene ring substituents is 1. The summed E-state index contributed by atoms with van der Waals surface area (Å²) in [6.07, 6.45) is 0. The van der Waals surface area contributed by atoms with Gasteiger partial charge in [0.15, 0.2) is 5.82 Å². The summed E-state index contributed by atoms with van der Waals surface area (Å²) in [5, 5.41) is 19.7. The maximum atomic E-state index is 10.9. The van der Waals surface area contributed by atoms with E-state index in [2.05, 4.69) is 36.1 Å². The van der Waals surface area contributed by atoms with Crippen LogP contribution in [0.5, 0.6) is 0 Å². The van der Waals surface area contributed by atoms with Crippen LogP contribution in [0.25, 0.3) is 22.4 Å². The van der Waals surface area contributed by atoms with Gasteiger partial charge in [0, 0.05) is 22.2 Å². The smallest absolute Gasteiger partial charge is 0.271 e. The van der Waals surface area contributed by atoms with Crippen LogP contribution in [0.2, 0.25) is 0 Å². The van der Waals surface area contributed by atoms with Crippen LogP contribution in [0.1, 0.15) is 5.82 Å². The molecule has 0 aliphatic carbocycles. The zero-order valence-corrected chi connectivity index (χ0v) is 16.1. The van der Waals surface area contributed by atoms with Crippen LogP contribution in [0.4, 0.5) is 5.69 Å². The normalized spacial score (nSPS) is 11.1. The Morgan fingerprint density at radius 1 is 1.26 bits per heavy atom. The van der Waals surface area contributed by atoms with Gasteiger partial charge in [-0.05, 0) is 18.2 Å². The number of halogens is 1. The Labute approximate surface area is 165 Å². The predicted octanol–water partition coefficient (Wildman–Crippen LogP) is 3.50. The average Bonchev–Trinajstić information content (AvgIpc) is 3.22. The molecule has 0 atom stereocenters. The van der Waals surface area contributed by atoms with Gasteiger partial charge in [0.1, 0.15) is 5.82 Å². The van der Waals surface area contributed by atoms with Crippen molar-refractivity contribution < 1.29 is 4.92 Å². The monoisotopic (exact) mass is 445 g/mol. The van der Waals surface area contributed by atoms with Crippen molar-refractivity contribution in [3.63, 3.8) is 0 Å². The Morgan fingerprint density at radius 3 is 2.85 bits per heavy atom. The van der Waals surface area contributed by atoms with E-state index in [-0.39, 0.29) is 5.69 Å². The minimum absolute atomic E-state index is 0.0186. The van der Waals surface area contributed by atoms with Gasteiger partial charge in [0.2, 0.25) is 5.16 Å². The van der Waals surface area contributed by atoms with Crippen LogP contribution in [0, 0.1) is 10.1 Å². The largest absolute Gasteiger partial charge is 0.341 e. The van der Waals surface area contributed by atoms with Crippen LogP contribution < -0.4 is 5.84 Å². The third kappa shape index (κ3) is 3.38. The Kier molecular flexibility index (Phi) is 4.54. The van der Waals surface area contributed by atoms with Crippen molar-refractivity contribution in [3.05, 3.63) is 62.9 Å². The van der Waals surface area contributed by atoms with E-state index in [4.69, 9.17) is 5.84 Å². The number of hydrogen-bond acceptors (Lipinski definition) is 7. The number of nitro benzene ring substituents is 1. The number of fused-ring (bicyclic) bond motifs is 1. The fourth-order valence-electron chi connectivity index (χ4n) is 2.57. The van der Waals surface area contributed by atoms with Crippen molar-refractivity contribution in [2.45, 2.75) is 10.9 Å². The first-order valence-electron chi connectivity index (χ1n) is 7.74. The number of benzene rings is 2. The molecule has 2 aromatic heterocycles. The zero-order valence-electron chi connectivity index (χ0n) is 13.7. The zero-order chi connectivity index (χ0) is 19.0. The lowest BCUT2D eigenvalue weighted by Gasteiger charge is -2.04. The van der Waals surface area contributed by atoms with E-state index in [1.807, 2.05) is 24.3 Å². The third-order valence-electron chi connectivity index (χ3n) is 3.84. The number of rotatable bonds is 5. The lowest BCUT2D eigenvalue weighted by Crippen LogP contribution is -2.11. The Hall–Kier alpha value is -2.92. The first-order chi connectivity index (χ1) is 13.0. The van der Waals surface area contributed by atoms with E-state index >= 15 is 0 Å². The summed E-state index contributed by atoms with van der Waals surface area (Å²) in [6, 6.07) is 12.1. The SMILES string of the molecule is Nn1c(SCc2nc3ccc([N+](=O)[O-])cc3[nH]2)nnc1-c1ccccc1Br. The molecular formula is C16H12BrN7O2S. The maximum absolute atomic E-state index is 10.9. The Balaban J connectivity index is 1.55. The molecule has 0 aliphatic rings. The molecule has 27 heavy (non-hydrogen) atoms. The quantitative estimate of drug-likeness (QED) is 0.208. The molecule has 0 aliphatic heterocycles. The van der Waals surface area contributed by atoms with E-state index < -0.39 is 4.92 Å². The summed E-state index contributed by atoms with van der Waals surface area (Å²) in [5.41, 5.74) is 2.14. The molecule has 0 saturated carbocycles. The molecule has 0 unspecified atom stereocenters. The van der Waals surface area contributed by atoms with Gasteiger partial charge in [0.25, 0.3) is 5.69 Å². The molecule has 4 rings (SSSR count). The second-order valence-corrected chi connectivity index (χ2v) is 7.38. The molecule has 0 bridgehead atoms. The minimum Gasteiger partial charge on any atom is -0.341 e. The maximum Gasteiger partial charge on any atom is 0.271 e. The van der Waals surface area contributed by atoms with Crippen LogP contribution in [-0.4, -0.2) is 29.8 Å². The summed E-state index contributed by atoms with van der Waals surface area (Å²) in [6.45, 7) is 0. The van der Waals surface area contributed by atoms with Gasteiger partial charge < -0.3 is 10.8 Å². The molecule has 9 nitrogen and oxygen atoms in total. The number of nitrogens with two attached hydrogens (primary N) is 1. The van der Waals surface area contributed by atoms with Crippen molar-refractivity contribution >= 4 is 44.4 Å². The highest BCUT2D eigenvalue weighted by Crippen LogP contribution is 2.29. The fraction of sp³-hybridized carbons (Fsp3) is 0.0625. The second kappa shape index (κ2) is 7.00. The summed E-state index contributed by atoms with van der Waals surface area (Å²) >= 11 is 4.85. The van der Waals surface area contributed by atoms with E-state index in [0.29, 0.717) is 33.6 Å². The van der Waals surface area contributed by atoms with Crippen LogP contribution in [-0.2, 0) is 5.75 Å². The van der Waals surface area contributed by atoms with Gasteiger partial charge in [-0.15, -0.1) is 10.2 Å². The van der Waals surface area contributed by atoms with E-state index in [1.54, 1.807) is 6.07 Å². The first-order valence-corrected chi connectivity index (χ1v) is 9.52. The number of hydrogen-bond donors (Lipinski definition) is 2. The van der Waals surface area contributed by atoms with Crippen LogP contribution in [0.3, 0.4) is 0 Å². The number of nitrogens with zero attached hydrogens (tertiary/aromatic N) is 5. The van der Waals surface area contributed by atoms with Gasteiger partial charge >= 0.3 is 0 Å². The number of H-pyrrole nitrogens is 1. The molecule has 0 radical (unpaired) electrons. The van der Waals surface area contributed by atoms with Gasteiger partial charge in [-0.1, -0.05) is 39.8 Å². The highest BCUT2D eigenvalue weighted by Gasteiger charge is 2.15. The number of nitrogens with one attached hydrogen (secondary N) is 1. The summed E-state index contributed by atoms with van der Waals surface area (Å²) < 4.78 is 2.30. The number of aromatic amines is 1. The number of nitro groups is 1. The van der Waals surface area contributed by atoms with Crippen molar-refractivity contribution in [1.29, 1.82) is 0 Å². The average molecular weight is 446 g/mol. The predicted molar refractivity (Wildman–Crippen MR) is 106 cm³/mol. The van der Waals surface area contributed by atoms with Crippen LogP contribution >= 0.6 is 27.7 Å².